The quantitative estimate of drug-likeness (QED) is 0.201. The second kappa shape index (κ2) is 14.5. The standard InChI is InChI=1S/C34H36BrN3O4S/c1-4-36-34(40)32(22-27-9-6-5-7-10-27)37(23-28-11-8-12-29(35)21-28)33(39)24-38(30-17-13-25(2)14-18-30)43(41,42)31-19-15-26(3)16-20-31/h5-21,32H,4,22-24H2,1-3H3,(H,36,40)/t32-/m0/s1. The number of sulfonamides is 1. The predicted octanol–water partition coefficient (Wildman–Crippen LogP) is 6.04. The van der Waals surface area contributed by atoms with Crippen LogP contribution in [-0.2, 0) is 32.6 Å². The summed E-state index contributed by atoms with van der Waals surface area (Å²) in [6.07, 6.45) is 0.266. The van der Waals surface area contributed by atoms with Crippen molar-refractivity contribution in [3.63, 3.8) is 0 Å². The van der Waals surface area contributed by atoms with Crippen molar-refractivity contribution in [3.8, 4) is 0 Å². The molecule has 1 atom stereocenters. The SMILES string of the molecule is CCNC(=O)[C@H](Cc1ccccc1)N(Cc1cccc(Br)c1)C(=O)CN(c1ccc(C)cc1)S(=O)(=O)c1ccc(C)cc1. The summed E-state index contributed by atoms with van der Waals surface area (Å²) >= 11 is 3.50. The van der Waals surface area contributed by atoms with Gasteiger partial charge in [-0.1, -0.05) is 93.8 Å². The smallest absolute Gasteiger partial charge is 0.264 e. The van der Waals surface area contributed by atoms with Gasteiger partial charge in [-0.3, -0.25) is 13.9 Å². The number of benzene rings is 4. The van der Waals surface area contributed by atoms with Crippen molar-refractivity contribution in [2.75, 3.05) is 17.4 Å². The average molecular weight is 663 g/mol. The Morgan fingerprint density at radius 2 is 1.42 bits per heavy atom. The van der Waals surface area contributed by atoms with Gasteiger partial charge in [-0.15, -0.1) is 0 Å². The normalized spacial score (nSPS) is 11.9. The molecule has 0 saturated carbocycles. The van der Waals surface area contributed by atoms with Crippen LogP contribution < -0.4 is 9.62 Å². The zero-order valence-electron chi connectivity index (χ0n) is 24.5. The zero-order chi connectivity index (χ0) is 31.0. The Morgan fingerprint density at radius 1 is 0.814 bits per heavy atom. The summed E-state index contributed by atoms with van der Waals surface area (Å²) in [6.45, 7) is 5.63. The molecule has 4 rings (SSSR count). The number of anilines is 1. The highest BCUT2D eigenvalue weighted by Gasteiger charge is 2.34. The van der Waals surface area contributed by atoms with Gasteiger partial charge in [0.2, 0.25) is 11.8 Å². The summed E-state index contributed by atoms with van der Waals surface area (Å²) < 4.78 is 30.1. The molecule has 9 heteroatoms. The van der Waals surface area contributed by atoms with Gasteiger partial charge in [0, 0.05) is 24.0 Å². The van der Waals surface area contributed by atoms with Crippen molar-refractivity contribution in [1.29, 1.82) is 0 Å². The molecule has 0 radical (unpaired) electrons. The number of hydrogen-bond acceptors (Lipinski definition) is 4. The Hall–Kier alpha value is -3.95. The Kier molecular flexibility index (Phi) is 10.8. The van der Waals surface area contributed by atoms with E-state index < -0.39 is 28.5 Å². The van der Waals surface area contributed by atoms with E-state index in [2.05, 4.69) is 21.2 Å². The van der Waals surface area contributed by atoms with E-state index in [-0.39, 0.29) is 23.8 Å². The van der Waals surface area contributed by atoms with Gasteiger partial charge in [-0.25, -0.2) is 8.42 Å². The monoisotopic (exact) mass is 661 g/mol. The highest BCUT2D eigenvalue weighted by Crippen LogP contribution is 2.26. The number of aryl methyl sites for hydroxylation is 2. The van der Waals surface area contributed by atoms with Gasteiger partial charge >= 0.3 is 0 Å². The van der Waals surface area contributed by atoms with E-state index in [9.17, 15) is 18.0 Å². The summed E-state index contributed by atoms with van der Waals surface area (Å²) in [5.41, 5.74) is 3.92. The van der Waals surface area contributed by atoms with Crippen LogP contribution >= 0.6 is 15.9 Å². The fourth-order valence-electron chi connectivity index (χ4n) is 4.76. The van der Waals surface area contributed by atoms with Crippen LogP contribution in [0.4, 0.5) is 5.69 Å². The van der Waals surface area contributed by atoms with Gasteiger partial charge < -0.3 is 10.2 Å². The minimum absolute atomic E-state index is 0.0783. The number of rotatable bonds is 12. The fourth-order valence-corrected chi connectivity index (χ4v) is 6.62. The van der Waals surface area contributed by atoms with Crippen LogP contribution in [0.5, 0.6) is 0 Å². The number of nitrogens with zero attached hydrogens (tertiary/aromatic N) is 2. The summed E-state index contributed by atoms with van der Waals surface area (Å²) in [5, 5.41) is 2.88. The Labute approximate surface area is 262 Å². The molecule has 0 bridgehead atoms. The first-order chi connectivity index (χ1) is 20.6. The van der Waals surface area contributed by atoms with E-state index >= 15 is 0 Å². The van der Waals surface area contributed by atoms with Crippen molar-refractivity contribution in [3.05, 3.63) is 130 Å². The first kappa shape index (κ1) is 32.0. The molecule has 4 aromatic carbocycles. The van der Waals surface area contributed by atoms with Crippen LogP contribution in [0.1, 0.15) is 29.2 Å². The third-order valence-corrected chi connectivity index (χ3v) is 9.36. The molecule has 0 aliphatic carbocycles. The highest BCUT2D eigenvalue weighted by molar-refractivity contribution is 9.10. The molecule has 0 fully saturated rings. The third-order valence-electron chi connectivity index (χ3n) is 7.07. The molecule has 1 N–H and O–H groups in total. The largest absolute Gasteiger partial charge is 0.355 e. The Balaban J connectivity index is 1.79. The first-order valence-electron chi connectivity index (χ1n) is 14.1. The molecule has 0 spiro atoms. The van der Waals surface area contributed by atoms with Crippen molar-refractivity contribution in [2.45, 2.75) is 44.7 Å². The number of amides is 2. The van der Waals surface area contributed by atoms with E-state index in [1.54, 1.807) is 36.4 Å². The number of halogens is 1. The number of carbonyl (C=O) groups is 2. The molecule has 2 amide bonds. The lowest BCUT2D eigenvalue weighted by Gasteiger charge is -2.34. The van der Waals surface area contributed by atoms with E-state index in [0.29, 0.717) is 12.2 Å². The lowest BCUT2D eigenvalue weighted by Crippen LogP contribution is -2.53. The molecule has 43 heavy (non-hydrogen) atoms. The molecule has 0 heterocycles. The van der Waals surface area contributed by atoms with Gasteiger partial charge in [0.05, 0.1) is 10.6 Å². The predicted molar refractivity (Wildman–Crippen MR) is 174 cm³/mol. The van der Waals surface area contributed by atoms with Crippen LogP contribution in [0.3, 0.4) is 0 Å². The molecule has 0 saturated heterocycles. The maximum Gasteiger partial charge on any atom is 0.264 e. The number of nitrogens with one attached hydrogen (secondary N) is 1. The minimum Gasteiger partial charge on any atom is -0.355 e. The summed E-state index contributed by atoms with van der Waals surface area (Å²) in [7, 11) is -4.13. The first-order valence-corrected chi connectivity index (χ1v) is 16.3. The highest BCUT2D eigenvalue weighted by atomic mass is 79.9. The second-order valence-corrected chi connectivity index (χ2v) is 13.2. The molecule has 0 aliphatic rings. The maximum absolute atomic E-state index is 14.4. The van der Waals surface area contributed by atoms with Crippen molar-refractivity contribution in [2.24, 2.45) is 0 Å². The van der Waals surface area contributed by atoms with Crippen LogP contribution in [-0.4, -0.2) is 44.3 Å². The van der Waals surface area contributed by atoms with Gasteiger partial charge in [0.15, 0.2) is 0 Å². The lowest BCUT2D eigenvalue weighted by molar-refractivity contribution is -0.140. The van der Waals surface area contributed by atoms with Crippen LogP contribution in [0.15, 0.2) is 112 Å². The third kappa shape index (κ3) is 8.33. The number of carbonyl (C=O) groups excluding carboxylic acids is 2. The summed E-state index contributed by atoms with van der Waals surface area (Å²) in [4.78, 5) is 29.5. The second-order valence-electron chi connectivity index (χ2n) is 10.4. The molecule has 0 aliphatic heterocycles. The van der Waals surface area contributed by atoms with Crippen LogP contribution in [0.25, 0.3) is 0 Å². The van der Waals surface area contributed by atoms with Gasteiger partial charge in [-0.2, -0.15) is 0 Å². The Morgan fingerprint density at radius 3 is 2.02 bits per heavy atom. The topological polar surface area (TPSA) is 86.8 Å². The number of hydrogen-bond donors (Lipinski definition) is 1. The summed E-state index contributed by atoms with van der Waals surface area (Å²) in [6, 6.07) is 29.7. The molecule has 0 unspecified atom stereocenters. The fraction of sp³-hybridized carbons (Fsp3) is 0.235. The molecule has 7 nitrogen and oxygen atoms in total. The van der Waals surface area contributed by atoms with Crippen molar-refractivity contribution < 1.29 is 18.0 Å². The van der Waals surface area contributed by atoms with Crippen LogP contribution in [0.2, 0.25) is 0 Å². The number of likely N-dealkylation sites (N-methyl/N-ethyl adjacent to an activating group) is 1. The lowest BCUT2D eigenvalue weighted by atomic mass is 10.0. The van der Waals surface area contributed by atoms with E-state index in [1.165, 1.54) is 4.90 Å². The van der Waals surface area contributed by atoms with Gasteiger partial charge in [0.25, 0.3) is 10.0 Å². The zero-order valence-corrected chi connectivity index (χ0v) is 26.9. The van der Waals surface area contributed by atoms with Crippen LogP contribution in [0, 0.1) is 13.8 Å². The van der Waals surface area contributed by atoms with E-state index in [4.69, 9.17) is 0 Å². The van der Waals surface area contributed by atoms with Gasteiger partial charge in [0.1, 0.15) is 12.6 Å². The molecule has 224 valence electrons. The minimum atomic E-state index is -4.13. The maximum atomic E-state index is 14.4. The van der Waals surface area contributed by atoms with Crippen molar-refractivity contribution >= 4 is 43.5 Å². The van der Waals surface area contributed by atoms with Gasteiger partial charge in [-0.05, 0) is 68.3 Å². The van der Waals surface area contributed by atoms with E-state index in [1.807, 2.05) is 87.5 Å². The van der Waals surface area contributed by atoms with Crippen molar-refractivity contribution in [1.82, 2.24) is 10.2 Å². The molecular formula is C34H36BrN3O4S. The van der Waals surface area contributed by atoms with E-state index in [0.717, 1.165) is 31.0 Å². The molecule has 4 aromatic rings. The summed E-state index contributed by atoms with van der Waals surface area (Å²) in [5.74, 6) is -0.804. The molecule has 0 aromatic heterocycles. The Bertz CT molecular complexity index is 1640. The molecular weight excluding hydrogens is 626 g/mol. The average Bonchev–Trinajstić information content (AvgIpc) is 2.99.